The minimum atomic E-state index is -0.422. The Hall–Kier alpha value is -2.68. The molecule has 194 valence electrons. The fraction of sp³-hybridized carbons (Fsp3) is 0.370. The zero-order valence-corrected chi connectivity index (χ0v) is 23.4. The van der Waals surface area contributed by atoms with E-state index in [0.29, 0.717) is 44.6 Å². The number of ketones is 1. The van der Waals surface area contributed by atoms with Gasteiger partial charge in [0.05, 0.1) is 7.11 Å². The summed E-state index contributed by atoms with van der Waals surface area (Å²) in [5.74, 6) is 2.68. The summed E-state index contributed by atoms with van der Waals surface area (Å²) >= 11 is 14.2. The number of nitrogens with one attached hydrogen (secondary N) is 1. The number of thioether (sulfide) groups is 1. The van der Waals surface area contributed by atoms with E-state index in [4.69, 9.17) is 42.8 Å². The molecule has 1 atom stereocenters. The fourth-order valence-electron chi connectivity index (χ4n) is 4.88. The van der Waals surface area contributed by atoms with Crippen LogP contribution in [0, 0.1) is 5.41 Å². The summed E-state index contributed by atoms with van der Waals surface area (Å²) in [6, 6.07) is 10.6. The summed E-state index contributed by atoms with van der Waals surface area (Å²) in [5.41, 5.74) is 3.07. The molecule has 0 fully saturated rings. The number of Topliss-reactive ketones (excluding diaryl/α,β-unsaturated/α-hetero) is 1. The average molecular weight is 560 g/mol. The van der Waals surface area contributed by atoms with Crippen LogP contribution in [-0.2, 0) is 11.4 Å². The molecule has 0 saturated heterocycles. The van der Waals surface area contributed by atoms with Crippen LogP contribution in [0.1, 0.15) is 50.8 Å². The van der Waals surface area contributed by atoms with Crippen molar-refractivity contribution in [3.63, 3.8) is 0 Å². The number of carbonyl (C=O) groups is 1. The molecular formula is C27H28Cl2N4O3S. The molecule has 2 heterocycles. The number of hydrogen-bond acceptors (Lipinski definition) is 7. The van der Waals surface area contributed by atoms with Crippen molar-refractivity contribution in [2.75, 3.05) is 18.2 Å². The van der Waals surface area contributed by atoms with Crippen molar-refractivity contribution in [1.82, 2.24) is 14.8 Å². The third-order valence-corrected chi connectivity index (χ3v) is 7.95. The van der Waals surface area contributed by atoms with Gasteiger partial charge >= 0.3 is 0 Å². The average Bonchev–Trinajstić information content (AvgIpc) is 3.24. The predicted octanol–water partition coefficient (Wildman–Crippen LogP) is 6.94. The molecule has 2 aliphatic rings. The molecule has 0 saturated carbocycles. The molecule has 1 aromatic heterocycles. The molecule has 0 bridgehead atoms. The summed E-state index contributed by atoms with van der Waals surface area (Å²) in [5, 5.41) is 9.90. The maximum absolute atomic E-state index is 13.5. The van der Waals surface area contributed by atoms with Gasteiger partial charge in [0.1, 0.15) is 12.6 Å². The van der Waals surface area contributed by atoms with Crippen LogP contribution in [0.15, 0.2) is 52.8 Å². The van der Waals surface area contributed by atoms with E-state index in [1.54, 1.807) is 37.1 Å². The van der Waals surface area contributed by atoms with Gasteiger partial charge in [0.25, 0.3) is 0 Å². The molecule has 1 unspecified atom stereocenters. The Balaban J connectivity index is 1.54. The van der Waals surface area contributed by atoms with Gasteiger partial charge < -0.3 is 14.8 Å². The van der Waals surface area contributed by atoms with E-state index in [1.165, 1.54) is 0 Å². The molecule has 5 rings (SSSR count). The van der Waals surface area contributed by atoms with Crippen LogP contribution >= 0.6 is 35.0 Å². The Morgan fingerprint density at radius 2 is 1.92 bits per heavy atom. The zero-order chi connectivity index (χ0) is 26.3. The maximum atomic E-state index is 13.5. The molecule has 7 nitrogen and oxygen atoms in total. The van der Waals surface area contributed by atoms with Gasteiger partial charge in [0.2, 0.25) is 11.1 Å². The summed E-state index contributed by atoms with van der Waals surface area (Å²) in [6.07, 6.45) is 1.23. The van der Waals surface area contributed by atoms with Crippen LogP contribution in [0.2, 0.25) is 10.0 Å². The van der Waals surface area contributed by atoms with E-state index in [1.807, 2.05) is 22.9 Å². The Labute approximate surface area is 230 Å². The number of benzene rings is 2. The number of methoxy groups -OCH3 is 1. The molecule has 10 heteroatoms. The van der Waals surface area contributed by atoms with E-state index in [2.05, 4.69) is 26.1 Å². The third kappa shape index (κ3) is 5.07. The highest BCUT2D eigenvalue weighted by atomic mass is 35.5. The van der Waals surface area contributed by atoms with Gasteiger partial charge in [-0.25, -0.2) is 4.68 Å². The zero-order valence-electron chi connectivity index (χ0n) is 21.1. The van der Waals surface area contributed by atoms with Crippen molar-refractivity contribution in [1.29, 1.82) is 0 Å². The van der Waals surface area contributed by atoms with Gasteiger partial charge in [-0.3, -0.25) is 4.79 Å². The standard InChI is InChI=1S/C27H28Cl2N4O3S/c1-5-37-26-31-25-30-19-12-27(2,3)13-20(34)23(19)24(33(25)32-26)15-9-10-21(22(11-15)35-4)36-14-16-17(28)7-6-8-18(16)29/h6-11,24H,5,12-14H2,1-4H3,(H,30,31,32). The molecule has 0 amide bonds. The minimum absolute atomic E-state index is 0.113. The number of allylic oxidation sites excluding steroid dienone is 2. The largest absolute Gasteiger partial charge is 0.493 e. The second kappa shape index (κ2) is 10.2. The topological polar surface area (TPSA) is 78.3 Å². The first-order chi connectivity index (χ1) is 17.7. The van der Waals surface area contributed by atoms with Crippen LogP contribution in [0.25, 0.3) is 0 Å². The number of carbonyl (C=O) groups excluding carboxylic acids is 1. The predicted molar refractivity (Wildman–Crippen MR) is 147 cm³/mol. The molecule has 1 aliphatic carbocycles. The highest BCUT2D eigenvalue weighted by Gasteiger charge is 2.42. The van der Waals surface area contributed by atoms with E-state index in [0.717, 1.165) is 29.0 Å². The van der Waals surface area contributed by atoms with Crippen LogP contribution in [0.5, 0.6) is 11.5 Å². The van der Waals surface area contributed by atoms with Gasteiger partial charge in [0, 0.05) is 33.3 Å². The van der Waals surface area contributed by atoms with Gasteiger partial charge in [0.15, 0.2) is 17.3 Å². The fourth-order valence-corrected chi connectivity index (χ4v) is 5.94. The molecule has 3 aromatic rings. The lowest BCUT2D eigenvalue weighted by molar-refractivity contribution is -0.118. The van der Waals surface area contributed by atoms with Crippen molar-refractivity contribution < 1.29 is 14.3 Å². The lowest BCUT2D eigenvalue weighted by Crippen LogP contribution is -2.36. The second-order valence-corrected chi connectivity index (χ2v) is 11.9. The van der Waals surface area contributed by atoms with Crippen molar-refractivity contribution in [3.8, 4) is 11.5 Å². The molecular weight excluding hydrogens is 531 g/mol. The highest BCUT2D eigenvalue weighted by molar-refractivity contribution is 7.99. The quantitative estimate of drug-likeness (QED) is 0.314. The first-order valence-corrected chi connectivity index (χ1v) is 13.8. The van der Waals surface area contributed by atoms with Crippen LogP contribution in [-0.4, -0.2) is 33.4 Å². The number of fused-ring (bicyclic) bond motifs is 1. The van der Waals surface area contributed by atoms with Crippen LogP contribution in [0.3, 0.4) is 0 Å². The summed E-state index contributed by atoms with van der Waals surface area (Å²) < 4.78 is 13.6. The van der Waals surface area contributed by atoms with Crippen molar-refractivity contribution in [3.05, 3.63) is 68.8 Å². The summed E-state index contributed by atoms with van der Waals surface area (Å²) in [7, 11) is 1.59. The van der Waals surface area contributed by atoms with Crippen LogP contribution in [0.4, 0.5) is 5.95 Å². The van der Waals surface area contributed by atoms with Gasteiger partial charge in [-0.05, 0) is 47.4 Å². The number of nitrogens with zero attached hydrogens (tertiary/aromatic N) is 3. The number of halogens is 2. The second-order valence-electron chi connectivity index (χ2n) is 9.86. The van der Waals surface area contributed by atoms with Crippen molar-refractivity contribution in [2.24, 2.45) is 5.41 Å². The van der Waals surface area contributed by atoms with Gasteiger partial charge in [-0.2, -0.15) is 4.98 Å². The van der Waals surface area contributed by atoms with Crippen molar-refractivity contribution >= 4 is 46.7 Å². The number of aromatic nitrogens is 3. The summed E-state index contributed by atoms with van der Waals surface area (Å²) in [4.78, 5) is 18.2. The molecule has 1 aliphatic heterocycles. The molecule has 37 heavy (non-hydrogen) atoms. The molecule has 0 radical (unpaired) electrons. The number of anilines is 1. The van der Waals surface area contributed by atoms with E-state index < -0.39 is 6.04 Å². The maximum Gasteiger partial charge on any atom is 0.227 e. The molecule has 2 aromatic carbocycles. The number of ether oxygens (including phenoxy) is 2. The normalized spacial score (nSPS) is 18.2. The monoisotopic (exact) mass is 558 g/mol. The number of rotatable bonds is 7. The minimum Gasteiger partial charge on any atom is -0.493 e. The van der Waals surface area contributed by atoms with Crippen LogP contribution < -0.4 is 14.8 Å². The Morgan fingerprint density at radius 1 is 1.16 bits per heavy atom. The SMILES string of the molecule is CCSc1nc2n(n1)C(c1ccc(OCc3c(Cl)cccc3Cl)c(OC)c1)C1=C(CC(C)(C)CC1=O)N2. The lowest BCUT2D eigenvalue weighted by atomic mass is 9.73. The molecule has 0 spiro atoms. The summed E-state index contributed by atoms with van der Waals surface area (Å²) in [6.45, 7) is 6.48. The Bertz CT molecular complexity index is 1380. The lowest BCUT2D eigenvalue weighted by Gasteiger charge is -2.38. The van der Waals surface area contributed by atoms with Crippen molar-refractivity contribution in [2.45, 2.75) is 51.4 Å². The Kier molecular flexibility index (Phi) is 7.18. The smallest absolute Gasteiger partial charge is 0.227 e. The molecule has 1 N–H and O–H groups in total. The first-order valence-electron chi connectivity index (χ1n) is 12.1. The third-order valence-electron chi connectivity index (χ3n) is 6.52. The first kappa shape index (κ1) is 25.9. The van der Waals surface area contributed by atoms with E-state index in [-0.39, 0.29) is 17.8 Å². The Morgan fingerprint density at radius 3 is 2.62 bits per heavy atom. The number of hydrogen-bond donors (Lipinski definition) is 1. The van der Waals surface area contributed by atoms with Gasteiger partial charge in [-0.1, -0.05) is 67.9 Å². The highest BCUT2D eigenvalue weighted by Crippen LogP contribution is 2.46. The van der Waals surface area contributed by atoms with E-state index >= 15 is 0 Å². The van der Waals surface area contributed by atoms with Gasteiger partial charge in [-0.15, -0.1) is 5.10 Å². The van der Waals surface area contributed by atoms with E-state index in [9.17, 15) is 4.79 Å².